The number of thiophene rings is 1. The number of nitrogens with zero attached hydrogens (tertiary/aromatic N) is 4. The highest BCUT2D eigenvalue weighted by atomic mass is 32.1. The highest BCUT2D eigenvalue weighted by molar-refractivity contribution is 7.08. The third kappa shape index (κ3) is 3.78. The standard InChI is InChI=1S/C20H22N4S/c1-2-3-20-22-11-17-13-24(8-6-19(17)23-20)12-15-4-5-18(21-10-15)16-7-9-25-14-16/h4-5,7,9-11,14H,2-3,6,8,12-13H2,1H3. The topological polar surface area (TPSA) is 41.9 Å². The molecule has 0 saturated carbocycles. The third-order valence-corrected chi connectivity index (χ3v) is 5.27. The average Bonchev–Trinajstić information content (AvgIpc) is 3.17. The van der Waals surface area contributed by atoms with Crippen LogP contribution in [-0.4, -0.2) is 26.4 Å². The van der Waals surface area contributed by atoms with E-state index >= 15 is 0 Å². The van der Waals surface area contributed by atoms with Crippen LogP contribution in [0.3, 0.4) is 0 Å². The van der Waals surface area contributed by atoms with Crippen molar-refractivity contribution in [3.63, 3.8) is 0 Å². The monoisotopic (exact) mass is 350 g/mol. The van der Waals surface area contributed by atoms with Gasteiger partial charge in [-0.1, -0.05) is 13.0 Å². The van der Waals surface area contributed by atoms with Crippen molar-refractivity contribution in [2.75, 3.05) is 6.54 Å². The van der Waals surface area contributed by atoms with Crippen LogP contribution in [0.25, 0.3) is 11.3 Å². The summed E-state index contributed by atoms with van der Waals surface area (Å²) in [5.41, 5.74) is 6.01. The van der Waals surface area contributed by atoms with Gasteiger partial charge in [-0.15, -0.1) is 0 Å². The van der Waals surface area contributed by atoms with E-state index in [-0.39, 0.29) is 0 Å². The summed E-state index contributed by atoms with van der Waals surface area (Å²) >= 11 is 1.70. The molecule has 0 saturated heterocycles. The second kappa shape index (κ2) is 7.42. The third-order valence-electron chi connectivity index (χ3n) is 4.58. The minimum atomic E-state index is 0.924. The van der Waals surface area contributed by atoms with E-state index in [1.165, 1.54) is 22.4 Å². The number of aromatic nitrogens is 3. The van der Waals surface area contributed by atoms with Crippen LogP contribution in [0.2, 0.25) is 0 Å². The van der Waals surface area contributed by atoms with Gasteiger partial charge in [-0.25, -0.2) is 9.97 Å². The Morgan fingerprint density at radius 3 is 2.88 bits per heavy atom. The number of hydrogen-bond acceptors (Lipinski definition) is 5. The molecule has 4 nitrogen and oxygen atoms in total. The van der Waals surface area contributed by atoms with Gasteiger partial charge in [-0.05, 0) is 29.5 Å². The van der Waals surface area contributed by atoms with E-state index in [9.17, 15) is 0 Å². The molecule has 0 aliphatic carbocycles. The maximum Gasteiger partial charge on any atom is 0.128 e. The van der Waals surface area contributed by atoms with Crippen molar-refractivity contribution >= 4 is 11.3 Å². The average molecular weight is 350 g/mol. The molecule has 0 radical (unpaired) electrons. The maximum absolute atomic E-state index is 4.74. The maximum atomic E-state index is 4.74. The molecule has 0 fully saturated rings. The van der Waals surface area contributed by atoms with Crippen LogP contribution >= 0.6 is 11.3 Å². The van der Waals surface area contributed by atoms with Crippen LogP contribution < -0.4 is 0 Å². The van der Waals surface area contributed by atoms with Crippen LogP contribution in [0, 0.1) is 0 Å². The van der Waals surface area contributed by atoms with Gasteiger partial charge in [0.15, 0.2) is 0 Å². The first kappa shape index (κ1) is 16.4. The van der Waals surface area contributed by atoms with E-state index in [0.717, 1.165) is 50.4 Å². The summed E-state index contributed by atoms with van der Waals surface area (Å²) in [7, 11) is 0. The lowest BCUT2D eigenvalue weighted by Crippen LogP contribution is -2.31. The van der Waals surface area contributed by atoms with Crippen molar-refractivity contribution in [1.29, 1.82) is 0 Å². The molecule has 0 amide bonds. The Labute approximate surface area is 152 Å². The molecule has 3 aromatic rings. The molecule has 1 aliphatic heterocycles. The highest BCUT2D eigenvalue weighted by Crippen LogP contribution is 2.22. The predicted octanol–water partition coefficient (Wildman–Crippen LogP) is 4.11. The fourth-order valence-electron chi connectivity index (χ4n) is 3.25. The number of hydrogen-bond donors (Lipinski definition) is 0. The highest BCUT2D eigenvalue weighted by Gasteiger charge is 2.18. The molecular formula is C20H22N4S. The number of pyridine rings is 1. The van der Waals surface area contributed by atoms with E-state index < -0.39 is 0 Å². The summed E-state index contributed by atoms with van der Waals surface area (Å²) in [6.07, 6.45) is 7.11. The van der Waals surface area contributed by atoms with E-state index in [0.29, 0.717) is 0 Å². The van der Waals surface area contributed by atoms with E-state index in [1.807, 2.05) is 12.4 Å². The van der Waals surface area contributed by atoms with Gasteiger partial charge >= 0.3 is 0 Å². The molecule has 0 aromatic carbocycles. The normalized spacial score (nSPS) is 14.4. The minimum absolute atomic E-state index is 0.924. The fraction of sp³-hybridized carbons (Fsp3) is 0.350. The van der Waals surface area contributed by atoms with Crippen LogP contribution in [0.5, 0.6) is 0 Å². The largest absolute Gasteiger partial charge is 0.294 e. The van der Waals surface area contributed by atoms with Crippen molar-refractivity contribution in [1.82, 2.24) is 19.9 Å². The lowest BCUT2D eigenvalue weighted by molar-refractivity contribution is 0.242. The number of rotatable bonds is 5. The molecule has 25 heavy (non-hydrogen) atoms. The first-order chi connectivity index (χ1) is 12.3. The fourth-order valence-corrected chi connectivity index (χ4v) is 3.90. The summed E-state index contributed by atoms with van der Waals surface area (Å²) in [5.74, 6) is 0.989. The molecular weight excluding hydrogens is 328 g/mol. The molecule has 128 valence electrons. The van der Waals surface area contributed by atoms with E-state index in [4.69, 9.17) is 4.98 Å². The van der Waals surface area contributed by atoms with E-state index in [2.05, 4.69) is 50.8 Å². The smallest absolute Gasteiger partial charge is 0.128 e. The first-order valence-corrected chi connectivity index (χ1v) is 9.79. The van der Waals surface area contributed by atoms with Crippen molar-refractivity contribution in [2.24, 2.45) is 0 Å². The Kier molecular flexibility index (Phi) is 4.85. The Balaban J connectivity index is 1.42. The van der Waals surface area contributed by atoms with Gasteiger partial charge in [-0.2, -0.15) is 11.3 Å². The predicted molar refractivity (Wildman–Crippen MR) is 101 cm³/mol. The zero-order valence-electron chi connectivity index (χ0n) is 14.5. The molecule has 0 N–H and O–H groups in total. The lowest BCUT2D eigenvalue weighted by atomic mass is 10.1. The minimum Gasteiger partial charge on any atom is -0.294 e. The summed E-state index contributed by atoms with van der Waals surface area (Å²) in [5, 5.41) is 4.22. The molecule has 4 rings (SSSR count). The molecule has 0 unspecified atom stereocenters. The Hall–Kier alpha value is -2.11. The number of aryl methyl sites for hydroxylation is 1. The second-order valence-corrected chi connectivity index (χ2v) is 7.31. The molecule has 3 aromatic heterocycles. The Morgan fingerprint density at radius 1 is 1.16 bits per heavy atom. The van der Waals surface area contributed by atoms with Crippen LogP contribution in [-0.2, 0) is 25.9 Å². The second-order valence-electron chi connectivity index (χ2n) is 6.53. The zero-order valence-corrected chi connectivity index (χ0v) is 15.3. The molecule has 1 aliphatic rings. The van der Waals surface area contributed by atoms with Crippen molar-refractivity contribution < 1.29 is 0 Å². The summed E-state index contributed by atoms with van der Waals surface area (Å²) in [6.45, 7) is 5.06. The van der Waals surface area contributed by atoms with Crippen molar-refractivity contribution in [2.45, 2.75) is 39.3 Å². The SMILES string of the molecule is CCCc1ncc2c(n1)CCN(Cc1ccc(-c3ccsc3)nc1)C2. The summed E-state index contributed by atoms with van der Waals surface area (Å²) in [6, 6.07) is 6.42. The lowest BCUT2D eigenvalue weighted by Gasteiger charge is -2.28. The van der Waals surface area contributed by atoms with Gasteiger partial charge in [0.2, 0.25) is 0 Å². The zero-order chi connectivity index (χ0) is 17.1. The Morgan fingerprint density at radius 2 is 2.12 bits per heavy atom. The van der Waals surface area contributed by atoms with E-state index in [1.54, 1.807) is 11.3 Å². The van der Waals surface area contributed by atoms with Gasteiger partial charge in [0.25, 0.3) is 0 Å². The van der Waals surface area contributed by atoms with Gasteiger partial charge in [-0.3, -0.25) is 9.88 Å². The van der Waals surface area contributed by atoms with Gasteiger partial charge in [0.05, 0.1) is 5.69 Å². The number of fused-ring (bicyclic) bond motifs is 1. The Bertz CT molecular complexity index is 827. The van der Waals surface area contributed by atoms with Crippen LogP contribution in [0.1, 0.15) is 36.0 Å². The molecule has 0 atom stereocenters. The molecule has 0 bridgehead atoms. The molecule has 5 heteroatoms. The van der Waals surface area contributed by atoms with Crippen molar-refractivity contribution in [3.05, 3.63) is 64.0 Å². The molecule has 4 heterocycles. The van der Waals surface area contributed by atoms with Gasteiger partial charge in [0, 0.05) is 67.1 Å². The molecule has 0 spiro atoms. The summed E-state index contributed by atoms with van der Waals surface area (Å²) < 4.78 is 0. The van der Waals surface area contributed by atoms with Gasteiger partial charge in [0.1, 0.15) is 5.82 Å². The van der Waals surface area contributed by atoms with Crippen LogP contribution in [0.4, 0.5) is 0 Å². The first-order valence-electron chi connectivity index (χ1n) is 8.85. The van der Waals surface area contributed by atoms with Crippen LogP contribution in [0.15, 0.2) is 41.4 Å². The van der Waals surface area contributed by atoms with Gasteiger partial charge < -0.3 is 0 Å². The van der Waals surface area contributed by atoms with Crippen molar-refractivity contribution in [3.8, 4) is 11.3 Å². The quantitative estimate of drug-likeness (QED) is 0.694. The summed E-state index contributed by atoms with van der Waals surface area (Å²) in [4.78, 5) is 16.3.